The van der Waals surface area contributed by atoms with Crippen LogP contribution >= 0.6 is 35.4 Å². The molecule has 5 nitrogen and oxygen atoms in total. The third-order valence-electron chi connectivity index (χ3n) is 3.33. The van der Waals surface area contributed by atoms with Gasteiger partial charge in [0.1, 0.15) is 0 Å². The Bertz CT molecular complexity index is 754. The molecule has 0 saturated heterocycles. The molecule has 0 fully saturated rings. The molecule has 2 N–H and O–H groups in total. The molecular weight excluding hydrogens is 343 g/mol. The normalized spacial score (nSPS) is 12.5. The molecule has 118 valence electrons. The number of aromatic amines is 1. The van der Waals surface area contributed by atoms with E-state index in [0.717, 1.165) is 0 Å². The number of hydrogen-bond donors (Lipinski definition) is 2. The van der Waals surface area contributed by atoms with Gasteiger partial charge >= 0.3 is 0 Å². The smallest absolute Gasteiger partial charge is 0.251 e. The van der Waals surface area contributed by atoms with Gasteiger partial charge in [-0.15, -0.1) is 0 Å². The number of aromatic nitrogens is 3. The molecule has 1 heterocycles. The van der Waals surface area contributed by atoms with Gasteiger partial charge in [0.15, 0.2) is 10.6 Å². The van der Waals surface area contributed by atoms with Crippen LogP contribution < -0.4 is 5.32 Å². The number of hydrogen-bond acceptors (Lipinski definition) is 3. The molecule has 8 heteroatoms. The van der Waals surface area contributed by atoms with E-state index in [-0.39, 0.29) is 17.9 Å². The Kier molecular flexibility index (Phi) is 5.26. The number of halogens is 2. The zero-order valence-corrected chi connectivity index (χ0v) is 14.7. The van der Waals surface area contributed by atoms with E-state index in [1.165, 1.54) is 0 Å². The fourth-order valence-electron chi connectivity index (χ4n) is 2.03. The lowest BCUT2D eigenvalue weighted by Gasteiger charge is -2.21. The summed E-state index contributed by atoms with van der Waals surface area (Å²) in [5.74, 6) is 0.565. The molecule has 0 aliphatic rings. The van der Waals surface area contributed by atoms with Gasteiger partial charge in [0.05, 0.1) is 16.1 Å². The number of carbonyl (C=O) groups excluding carboxylic acids is 1. The van der Waals surface area contributed by atoms with Gasteiger partial charge in [-0.2, -0.15) is 5.10 Å². The Hall–Kier alpha value is -1.37. The first-order chi connectivity index (χ1) is 10.3. The molecule has 2 rings (SSSR count). The number of carbonyl (C=O) groups is 1. The van der Waals surface area contributed by atoms with Crippen molar-refractivity contribution >= 4 is 41.3 Å². The van der Waals surface area contributed by atoms with E-state index in [9.17, 15) is 4.79 Å². The molecule has 1 aromatic heterocycles. The van der Waals surface area contributed by atoms with Gasteiger partial charge in [-0.05, 0) is 36.3 Å². The van der Waals surface area contributed by atoms with Crippen LogP contribution in [0.5, 0.6) is 0 Å². The SMILES string of the molecule is CC(C)[C@@H](NC(=O)c1ccc(Cl)c(Cl)c1)c1n[nH]c(=S)n1C. The molecule has 22 heavy (non-hydrogen) atoms. The quantitative estimate of drug-likeness (QED) is 0.814. The second kappa shape index (κ2) is 6.81. The third-order valence-corrected chi connectivity index (χ3v) is 4.43. The maximum Gasteiger partial charge on any atom is 0.251 e. The van der Waals surface area contributed by atoms with Gasteiger partial charge in [0.2, 0.25) is 0 Å². The summed E-state index contributed by atoms with van der Waals surface area (Å²) in [6.07, 6.45) is 0. The summed E-state index contributed by atoms with van der Waals surface area (Å²) in [5.41, 5.74) is 0.442. The molecule has 1 amide bonds. The van der Waals surface area contributed by atoms with Crippen LogP contribution in [-0.2, 0) is 7.05 Å². The largest absolute Gasteiger partial charge is 0.342 e. The van der Waals surface area contributed by atoms with Crippen LogP contribution in [0.15, 0.2) is 18.2 Å². The van der Waals surface area contributed by atoms with Gasteiger partial charge in [0, 0.05) is 12.6 Å². The molecule has 0 radical (unpaired) electrons. The van der Waals surface area contributed by atoms with Crippen molar-refractivity contribution in [3.05, 3.63) is 44.4 Å². The van der Waals surface area contributed by atoms with E-state index < -0.39 is 0 Å². The summed E-state index contributed by atoms with van der Waals surface area (Å²) in [7, 11) is 1.81. The first-order valence-electron chi connectivity index (χ1n) is 6.68. The van der Waals surface area contributed by atoms with Crippen molar-refractivity contribution in [1.82, 2.24) is 20.1 Å². The lowest BCUT2D eigenvalue weighted by Crippen LogP contribution is -2.33. The molecule has 0 unspecified atom stereocenters. The van der Waals surface area contributed by atoms with Crippen molar-refractivity contribution in [3.63, 3.8) is 0 Å². The Morgan fingerprint density at radius 2 is 2.05 bits per heavy atom. The Balaban J connectivity index is 2.28. The minimum Gasteiger partial charge on any atom is -0.342 e. The van der Waals surface area contributed by atoms with Gasteiger partial charge in [-0.1, -0.05) is 37.0 Å². The molecule has 1 aromatic carbocycles. The highest BCUT2D eigenvalue weighted by atomic mass is 35.5. The van der Waals surface area contributed by atoms with Gasteiger partial charge in [-0.25, -0.2) is 0 Å². The van der Waals surface area contributed by atoms with E-state index >= 15 is 0 Å². The molecule has 0 aliphatic carbocycles. The fraction of sp³-hybridized carbons (Fsp3) is 0.357. The van der Waals surface area contributed by atoms with E-state index in [1.54, 1.807) is 22.8 Å². The average molecular weight is 359 g/mol. The van der Waals surface area contributed by atoms with Crippen LogP contribution in [0.2, 0.25) is 10.0 Å². The number of nitrogens with zero attached hydrogens (tertiary/aromatic N) is 2. The first-order valence-corrected chi connectivity index (χ1v) is 7.85. The number of amides is 1. The van der Waals surface area contributed by atoms with E-state index in [2.05, 4.69) is 15.5 Å². The lowest BCUT2D eigenvalue weighted by atomic mass is 10.0. The number of nitrogens with one attached hydrogen (secondary N) is 2. The monoisotopic (exact) mass is 358 g/mol. The Morgan fingerprint density at radius 3 is 2.55 bits per heavy atom. The van der Waals surface area contributed by atoms with Crippen LogP contribution in [0, 0.1) is 10.7 Å². The predicted molar refractivity (Wildman–Crippen MR) is 89.9 cm³/mol. The third kappa shape index (κ3) is 3.51. The van der Waals surface area contributed by atoms with Crippen LogP contribution in [-0.4, -0.2) is 20.7 Å². The predicted octanol–water partition coefficient (Wildman–Crippen LogP) is 3.91. The Morgan fingerprint density at radius 1 is 1.36 bits per heavy atom. The maximum atomic E-state index is 12.4. The fourth-order valence-corrected chi connectivity index (χ4v) is 2.47. The molecule has 0 aliphatic heterocycles. The summed E-state index contributed by atoms with van der Waals surface area (Å²) in [4.78, 5) is 12.4. The summed E-state index contributed by atoms with van der Waals surface area (Å²) in [6, 6.07) is 4.49. The minimum atomic E-state index is -0.278. The van der Waals surface area contributed by atoms with E-state index in [0.29, 0.717) is 26.2 Å². The molecule has 0 bridgehead atoms. The summed E-state index contributed by atoms with van der Waals surface area (Å²) in [5, 5.41) is 10.6. The zero-order chi connectivity index (χ0) is 16.4. The highest BCUT2D eigenvalue weighted by Gasteiger charge is 2.23. The van der Waals surface area contributed by atoms with Crippen molar-refractivity contribution in [1.29, 1.82) is 0 Å². The van der Waals surface area contributed by atoms with Gasteiger partial charge in [0.25, 0.3) is 5.91 Å². The van der Waals surface area contributed by atoms with Crippen molar-refractivity contribution in [3.8, 4) is 0 Å². The topological polar surface area (TPSA) is 62.7 Å². The molecule has 1 atom stereocenters. The summed E-state index contributed by atoms with van der Waals surface area (Å²) >= 11 is 16.9. The van der Waals surface area contributed by atoms with Crippen LogP contribution in [0.4, 0.5) is 0 Å². The zero-order valence-electron chi connectivity index (χ0n) is 12.4. The molecule has 0 saturated carbocycles. The molecule has 2 aromatic rings. The van der Waals surface area contributed by atoms with Crippen LogP contribution in [0.25, 0.3) is 0 Å². The Labute approximate surface area is 143 Å². The highest BCUT2D eigenvalue weighted by Crippen LogP contribution is 2.24. The van der Waals surface area contributed by atoms with E-state index in [1.807, 2.05) is 20.9 Å². The average Bonchev–Trinajstić information content (AvgIpc) is 2.79. The second-order valence-corrected chi connectivity index (χ2v) is 6.47. The van der Waals surface area contributed by atoms with Crippen molar-refractivity contribution in [2.75, 3.05) is 0 Å². The maximum absolute atomic E-state index is 12.4. The number of H-pyrrole nitrogens is 1. The van der Waals surface area contributed by atoms with Gasteiger partial charge in [-0.3, -0.25) is 9.89 Å². The number of benzene rings is 1. The van der Waals surface area contributed by atoms with Crippen LogP contribution in [0.3, 0.4) is 0 Å². The first kappa shape index (κ1) is 17.0. The number of rotatable bonds is 4. The van der Waals surface area contributed by atoms with Crippen molar-refractivity contribution in [2.45, 2.75) is 19.9 Å². The van der Waals surface area contributed by atoms with Gasteiger partial charge < -0.3 is 9.88 Å². The molecule has 0 spiro atoms. The lowest BCUT2D eigenvalue weighted by molar-refractivity contribution is 0.0922. The minimum absolute atomic E-state index is 0.135. The van der Waals surface area contributed by atoms with Crippen LogP contribution in [0.1, 0.15) is 36.1 Å². The highest BCUT2D eigenvalue weighted by molar-refractivity contribution is 7.71. The second-order valence-electron chi connectivity index (χ2n) is 5.27. The summed E-state index contributed by atoms with van der Waals surface area (Å²) in [6.45, 7) is 4.00. The summed E-state index contributed by atoms with van der Waals surface area (Å²) < 4.78 is 2.25. The van der Waals surface area contributed by atoms with Crippen molar-refractivity contribution < 1.29 is 4.79 Å². The standard InChI is InChI=1S/C14H16Cl2N4OS/c1-7(2)11(12-18-19-14(22)20(12)3)17-13(21)8-4-5-9(15)10(16)6-8/h4-7,11H,1-3H3,(H,17,21)(H,19,22)/t11-/m1/s1. The molecular formula is C14H16Cl2N4OS. The van der Waals surface area contributed by atoms with E-state index in [4.69, 9.17) is 35.4 Å². The van der Waals surface area contributed by atoms with Crippen molar-refractivity contribution in [2.24, 2.45) is 13.0 Å².